The van der Waals surface area contributed by atoms with E-state index in [-0.39, 0.29) is 30.0 Å². The van der Waals surface area contributed by atoms with Crippen LogP contribution in [0.2, 0.25) is 0 Å². The third kappa shape index (κ3) is 5.70. The number of benzene rings is 1. The number of nitrogens with one attached hydrogen (secondary N) is 2. The summed E-state index contributed by atoms with van der Waals surface area (Å²) in [6.07, 6.45) is -1.68. The fourth-order valence-corrected chi connectivity index (χ4v) is 2.73. The quantitative estimate of drug-likeness (QED) is 0.199. The molecule has 1 aromatic rings. The monoisotopic (exact) mass is 415 g/mol. The number of ether oxygens (including phenoxy) is 1. The molecule has 0 radical (unpaired) electrons. The molecule has 1 aromatic carbocycles. The number of rotatable bonds is 8. The number of unbranched alkanes of at least 4 members (excludes halogenated alkanes) is 2. The number of amides is 4. The number of hydroxylamine groups is 1. The lowest BCUT2D eigenvalue weighted by Gasteiger charge is -2.12. The maximum absolute atomic E-state index is 12.8. The molecular weight excluding hydrogens is 395 g/mol. The van der Waals surface area contributed by atoms with Gasteiger partial charge in [-0.2, -0.15) is 13.2 Å². The Bertz CT molecular complexity index is 823. The van der Waals surface area contributed by atoms with E-state index >= 15 is 0 Å². The normalized spacial score (nSPS) is 15.6. The van der Waals surface area contributed by atoms with Crippen molar-refractivity contribution in [2.75, 3.05) is 13.7 Å². The molecule has 0 spiro atoms. The Labute approximate surface area is 164 Å². The van der Waals surface area contributed by atoms with Crippen LogP contribution in [0.1, 0.15) is 36.8 Å². The average molecular weight is 415 g/mol. The van der Waals surface area contributed by atoms with Crippen LogP contribution in [0.15, 0.2) is 23.9 Å². The van der Waals surface area contributed by atoms with Gasteiger partial charge < -0.3 is 10.1 Å². The van der Waals surface area contributed by atoms with Crippen LogP contribution in [-0.4, -0.2) is 41.6 Å². The SMILES string of the molecule is COc1cc(C(F)(F)F)ccc1/C=C1\NC(=O)N(CCCCCC(=O)NO)C1=O. The Balaban J connectivity index is 2.05. The molecule has 0 saturated carbocycles. The molecule has 1 fully saturated rings. The second-order valence-corrected chi connectivity index (χ2v) is 6.25. The first-order valence-corrected chi connectivity index (χ1v) is 8.70. The van der Waals surface area contributed by atoms with Gasteiger partial charge in [-0.15, -0.1) is 0 Å². The standard InChI is InChI=1S/C18H20F3N3O5/c1-29-14-10-12(18(19,20)21)7-6-11(14)9-13-16(26)24(17(27)22-13)8-4-2-3-5-15(25)23-28/h6-7,9-10,28H,2-5,8H2,1H3,(H,22,27)(H,23,25)/b13-9-. The molecule has 1 heterocycles. The topological polar surface area (TPSA) is 108 Å². The lowest BCUT2D eigenvalue weighted by Crippen LogP contribution is -2.31. The molecule has 3 N–H and O–H groups in total. The van der Waals surface area contributed by atoms with Crippen LogP contribution in [0.4, 0.5) is 18.0 Å². The van der Waals surface area contributed by atoms with Gasteiger partial charge in [-0.25, -0.2) is 10.3 Å². The maximum Gasteiger partial charge on any atom is 0.416 e. The van der Waals surface area contributed by atoms with Crippen LogP contribution < -0.4 is 15.5 Å². The van der Waals surface area contributed by atoms with Crippen LogP contribution in [0.25, 0.3) is 6.08 Å². The second-order valence-electron chi connectivity index (χ2n) is 6.25. The summed E-state index contributed by atoms with van der Waals surface area (Å²) in [5.41, 5.74) is 0.753. The summed E-state index contributed by atoms with van der Waals surface area (Å²) in [4.78, 5) is 36.3. The van der Waals surface area contributed by atoms with Crippen molar-refractivity contribution in [2.24, 2.45) is 0 Å². The van der Waals surface area contributed by atoms with Crippen LogP contribution in [0.3, 0.4) is 0 Å². The molecule has 8 nitrogen and oxygen atoms in total. The van der Waals surface area contributed by atoms with Crippen molar-refractivity contribution < 1.29 is 37.5 Å². The zero-order valence-corrected chi connectivity index (χ0v) is 15.5. The van der Waals surface area contributed by atoms with Crippen LogP contribution in [0.5, 0.6) is 5.75 Å². The maximum atomic E-state index is 12.8. The van der Waals surface area contributed by atoms with Gasteiger partial charge in [0.2, 0.25) is 5.91 Å². The number of alkyl halides is 3. The van der Waals surface area contributed by atoms with Crippen molar-refractivity contribution in [1.82, 2.24) is 15.7 Å². The van der Waals surface area contributed by atoms with E-state index in [2.05, 4.69) is 5.32 Å². The highest BCUT2D eigenvalue weighted by Gasteiger charge is 2.34. The van der Waals surface area contributed by atoms with Crippen molar-refractivity contribution >= 4 is 23.9 Å². The predicted molar refractivity (Wildman–Crippen MR) is 94.6 cm³/mol. The van der Waals surface area contributed by atoms with Gasteiger partial charge >= 0.3 is 12.2 Å². The number of urea groups is 1. The van der Waals surface area contributed by atoms with Crippen molar-refractivity contribution in [2.45, 2.75) is 31.9 Å². The lowest BCUT2D eigenvalue weighted by molar-refractivity contribution is -0.137. The van der Waals surface area contributed by atoms with Crippen molar-refractivity contribution in [3.63, 3.8) is 0 Å². The van der Waals surface area contributed by atoms with E-state index in [9.17, 15) is 27.6 Å². The number of halogens is 3. The summed E-state index contributed by atoms with van der Waals surface area (Å²) >= 11 is 0. The van der Waals surface area contributed by atoms with E-state index in [0.29, 0.717) is 19.3 Å². The summed E-state index contributed by atoms with van der Waals surface area (Å²) in [6.45, 7) is 0.118. The highest BCUT2D eigenvalue weighted by atomic mass is 19.4. The average Bonchev–Trinajstić information content (AvgIpc) is 2.94. The Hall–Kier alpha value is -3.08. The highest BCUT2D eigenvalue weighted by Crippen LogP contribution is 2.34. The molecule has 11 heteroatoms. The molecule has 1 aliphatic heterocycles. The van der Waals surface area contributed by atoms with E-state index in [4.69, 9.17) is 9.94 Å². The third-order valence-electron chi connectivity index (χ3n) is 4.23. The Kier molecular flexibility index (Phi) is 7.21. The van der Waals surface area contributed by atoms with E-state index in [1.807, 2.05) is 0 Å². The number of carbonyl (C=O) groups excluding carboxylic acids is 3. The number of nitrogens with zero attached hydrogens (tertiary/aromatic N) is 1. The first kappa shape index (κ1) is 22.2. The summed E-state index contributed by atoms with van der Waals surface area (Å²) in [7, 11) is 1.20. The molecule has 0 unspecified atom stereocenters. The molecule has 0 aromatic heterocycles. The van der Waals surface area contributed by atoms with Crippen LogP contribution in [0, 0.1) is 0 Å². The fourth-order valence-electron chi connectivity index (χ4n) is 2.73. The van der Waals surface area contributed by atoms with Gasteiger partial charge in [-0.3, -0.25) is 19.7 Å². The van der Waals surface area contributed by atoms with Gasteiger partial charge in [0, 0.05) is 18.5 Å². The Morgan fingerprint density at radius 1 is 1.28 bits per heavy atom. The van der Waals surface area contributed by atoms with Crippen molar-refractivity contribution in [3.8, 4) is 5.75 Å². The van der Waals surface area contributed by atoms with Crippen molar-refractivity contribution in [1.29, 1.82) is 0 Å². The Morgan fingerprint density at radius 2 is 2.00 bits per heavy atom. The molecule has 2 rings (SSSR count). The Morgan fingerprint density at radius 3 is 2.62 bits per heavy atom. The van der Waals surface area contributed by atoms with Crippen molar-refractivity contribution in [3.05, 3.63) is 35.0 Å². The lowest BCUT2D eigenvalue weighted by atomic mass is 10.1. The molecular formula is C18H20F3N3O5. The van der Waals surface area contributed by atoms with Gasteiger partial charge in [0.05, 0.1) is 12.7 Å². The molecule has 29 heavy (non-hydrogen) atoms. The van der Waals surface area contributed by atoms with Gasteiger partial charge in [0.25, 0.3) is 5.91 Å². The molecule has 0 atom stereocenters. The number of hydrogen-bond donors (Lipinski definition) is 3. The van der Waals surface area contributed by atoms with E-state index in [1.54, 1.807) is 0 Å². The number of carbonyl (C=O) groups is 3. The number of imide groups is 1. The number of methoxy groups -OCH3 is 1. The minimum Gasteiger partial charge on any atom is -0.496 e. The first-order chi connectivity index (χ1) is 13.7. The molecule has 158 valence electrons. The number of hydrogen-bond acceptors (Lipinski definition) is 5. The van der Waals surface area contributed by atoms with Gasteiger partial charge in [0.1, 0.15) is 11.4 Å². The highest BCUT2D eigenvalue weighted by molar-refractivity contribution is 6.14. The molecule has 0 bridgehead atoms. The summed E-state index contributed by atoms with van der Waals surface area (Å²) in [5, 5.41) is 10.8. The summed E-state index contributed by atoms with van der Waals surface area (Å²) in [6, 6.07) is 2.19. The smallest absolute Gasteiger partial charge is 0.416 e. The summed E-state index contributed by atoms with van der Waals surface area (Å²) in [5.74, 6) is -1.21. The molecule has 0 aliphatic carbocycles. The predicted octanol–water partition coefficient (Wildman–Crippen LogP) is 2.67. The fraction of sp³-hybridized carbons (Fsp3) is 0.389. The van der Waals surface area contributed by atoms with E-state index in [0.717, 1.165) is 23.1 Å². The first-order valence-electron chi connectivity index (χ1n) is 8.70. The molecule has 1 saturated heterocycles. The van der Waals surface area contributed by atoms with E-state index in [1.165, 1.54) is 18.7 Å². The van der Waals surface area contributed by atoms with Gasteiger partial charge in [0.15, 0.2) is 0 Å². The zero-order valence-electron chi connectivity index (χ0n) is 15.5. The minimum absolute atomic E-state index is 0.0762. The second kappa shape index (κ2) is 9.41. The summed E-state index contributed by atoms with van der Waals surface area (Å²) < 4.78 is 43.4. The van der Waals surface area contributed by atoms with Gasteiger partial charge in [-0.1, -0.05) is 12.5 Å². The minimum atomic E-state index is -4.54. The van der Waals surface area contributed by atoms with Gasteiger partial charge in [-0.05, 0) is 31.1 Å². The molecule has 4 amide bonds. The van der Waals surface area contributed by atoms with E-state index < -0.39 is 29.6 Å². The van der Waals surface area contributed by atoms with Crippen LogP contribution >= 0.6 is 0 Å². The third-order valence-corrected chi connectivity index (χ3v) is 4.23. The zero-order chi connectivity index (χ0) is 21.6. The van der Waals surface area contributed by atoms with Crippen LogP contribution in [-0.2, 0) is 15.8 Å². The largest absolute Gasteiger partial charge is 0.496 e. The molecule has 1 aliphatic rings.